The molecule has 1 saturated carbocycles. The zero-order valence-electron chi connectivity index (χ0n) is 19.2. The Morgan fingerprint density at radius 2 is 1.81 bits per heavy atom. The molecule has 1 saturated heterocycles. The van der Waals surface area contributed by atoms with Crippen LogP contribution in [0.15, 0.2) is 29.3 Å². The molecule has 0 atom stereocenters. The van der Waals surface area contributed by atoms with Crippen molar-refractivity contribution < 1.29 is 13.2 Å². The van der Waals surface area contributed by atoms with Crippen LogP contribution in [0.2, 0.25) is 0 Å². The molecular weight excluding hydrogens is 530 g/mol. The van der Waals surface area contributed by atoms with E-state index < -0.39 is 11.7 Å². The van der Waals surface area contributed by atoms with Gasteiger partial charge >= 0.3 is 6.18 Å². The summed E-state index contributed by atoms with van der Waals surface area (Å²) in [5, 5.41) is 6.71. The van der Waals surface area contributed by atoms with Gasteiger partial charge in [-0.25, -0.2) is 0 Å². The zero-order valence-corrected chi connectivity index (χ0v) is 21.5. The number of likely N-dealkylation sites (N-methyl/N-ethyl adjacent to an activating group) is 1. The monoisotopic (exact) mass is 567 g/mol. The third-order valence-corrected chi connectivity index (χ3v) is 6.72. The number of nitrogens with zero attached hydrogens (tertiary/aromatic N) is 3. The average Bonchev–Trinajstić information content (AvgIpc) is 2.72. The first-order valence-electron chi connectivity index (χ1n) is 11.4. The quantitative estimate of drug-likeness (QED) is 0.216. The zero-order chi connectivity index (χ0) is 22.3. The first kappa shape index (κ1) is 27.2. The number of hydrogen-bond donors (Lipinski definition) is 2. The van der Waals surface area contributed by atoms with Crippen LogP contribution in [0.25, 0.3) is 0 Å². The highest BCUT2D eigenvalue weighted by Gasteiger charge is 2.40. The first-order valence-corrected chi connectivity index (χ1v) is 11.4. The molecule has 1 aromatic carbocycles. The molecule has 1 aliphatic carbocycles. The van der Waals surface area contributed by atoms with E-state index in [0.717, 1.165) is 89.0 Å². The molecule has 2 aliphatic rings. The molecule has 0 aromatic heterocycles. The van der Waals surface area contributed by atoms with Gasteiger partial charge in [0, 0.05) is 51.7 Å². The van der Waals surface area contributed by atoms with Gasteiger partial charge in [-0.2, -0.15) is 13.2 Å². The van der Waals surface area contributed by atoms with Crippen molar-refractivity contribution in [3.63, 3.8) is 0 Å². The standard InChI is InChI=1S/C23H36F3N5.HI/c1-27-21(28-11-3-4-12-31-15-13-30(2)14-16-31)29-18-22(9-6-10-22)19-7-5-8-20(17-19)23(24,25)26;/h5,7-8,17H,3-4,6,9-16,18H2,1-2H3,(H2,27,28,29);1H. The molecule has 1 heterocycles. The van der Waals surface area contributed by atoms with Crippen LogP contribution in [0, 0.1) is 0 Å². The normalized spacial score (nSPS) is 19.7. The van der Waals surface area contributed by atoms with Crippen LogP contribution in [0.1, 0.15) is 43.2 Å². The van der Waals surface area contributed by atoms with Crippen LogP contribution in [0.5, 0.6) is 0 Å². The second kappa shape index (κ2) is 12.4. The fraction of sp³-hybridized carbons (Fsp3) is 0.696. The molecular formula is C23H37F3IN5. The Morgan fingerprint density at radius 3 is 2.41 bits per heavy atom. The summed E-state index contributed by atoms with van der Waals surface area (Å²) in [4.78, 5) is 9.17. The van der Waals surface area contributed by atoms with E-state index in [-0.39, 0.29) is 29.4 Å². The van der Waals surface area contributed by atoms with Gasteiger partial charge in [0.2, 0.25) is 0 Å². The summed E-state index contributed by atoms with van der Waals surface area (Å²) in [6.45, 7) is 7.12. The van der Waals surface area contributed by atoms with Gasteiger partial charge in [0.05, 0.1) is 5.56 Å². The summed E-state index contributed by atoms with van der Waals surface area (Å²) in [5.41, 5.74) is -0.0526. The number of unbranched alkanes of at least 4 members (excludes halogenated alkanes) is 1. The molecule has 0 bridgehead atoms. The summed E-state index contributed by atoms with van der Waals surface area (Å²) < 4.78 is 39.4. The number of rotatable bonds is 8. The van der Waals surface area contributed by atoms with E-state index in [9.17, 15) is 13.2 Å². The molecule has 32 heavy (non-hydrogen) atoms. The minimum absolute atomic E-state index is 0. The maximum absolute atomic E-state index is 13.1. The highest BCUT2D eigenvalue weighted by atomic mass is 127. The van der Waals surface area contributed by atoms with Crippen molar-refractivity contribution in [1.82, 2.24) is 20.4 Å². The van der Waals surface area contributed by atoms with Crippen LogP contribution < -0.4 is 10.6 Å². The van der Waals surface area contributed by atoms with Crippen molar-refractivity contribution in [2.75, 3.05) is 59.9 Å². The van der Waals surface area contributed by atoms with E-state index in [0.29, 0.717) is 6.54 Å². The maximum atomic E-state index is 13.1. The molecule has 0 unspecified atom stereocenters. The van der Waals surface area contributed by atoms with Crippen molar-refractivity contribution in [3.8, 4) is 0 Å². The van der Waals surface area contributed by atoms with Gasteiger partial charge < -0.3 is 20.4 Å². The molecule has 2 N–H and O–H groups in total. The highest BCUT2D eigenvalue weighted by molar-refractivity contribution is 14.0. The summed E-state index contributed by atoms with van der Waals surface area (Å²) in [6.07, 6.45) is 0.715. The minimum Gasteiger partial charge on any atom is -0.356 e. The largest absolute Gasteiger partial charge is 0.416 e. The third kappa shape index (κ3) is 7.48. The number of halogens is 4. The van der Waals surface area contributed by atoms with Gasteiger partial charge in [-0.15, -0.1) is 24.0 Å². The molecule has 1 aliphatic heterocycles. The van der Waals surface area contributed by atoms with Gasteiger partial charge in [-0.1, -0.05) is 24.6 Å². The summed E-state index contributed by atoms with van der Waals surface area (Å²) in [6, 6.07) is 5.80. The predicted octanol–water partition coefficient (Wildman–Crippen LogP) is 3.94. The van der Waals surface area contributed by atoms with E-state index in [1.54, 1.807) is 7.05 Å². The predicted molar refractivity (Wildman–Crippen MR) is 135 cm³/mol. The van der Waals surface area contributed by atoms with Crippen LogP contribution in [-0.2, 0) is 11.6 Å². The maximum Gasteiger partial charge on any atom is 0.416 e. The van der Waals surface area contributed by atoms with Crippen molar-refractivity contribution in [1.29, 1.82) is 0 Å². The van der Waals surface area contributed by atoms with Crippen molar-refractivity contribution in [2.24, 2.45) is 4.99 Å². The topological polar surface area (TPSA) is 42.9 Å². The number of piperazine rings is 1. The number of alkyl halides is 3. The lowest BCUT2D eigenvalue weighted by Crippen LogP contribution is -2.49. The van der Waals surface area contributed by atoms with Crippen molar-refractivity contribution >= 4 is 29.9 Å². The van der Waals surface area contributed by atoms with Crippen LogP contribution in [0.3, 0.4) is 0 Å². The Balaban J connectivity index is 0.00000363. The van der Waals surface area contributed by atoms with Gasteiger partial charge in [-0.05, 0) is 50.9 Å². The Bertz CT molecular complexity index is 729. The fourth-order valence-electron chi connectivity index (χ4n) is 4.41. The molecule has 0 radical (unpaired) electrons. The van der Waals surface area contributed by atoms with E-state index in [2.05, 4.69) is 32.5 Å². The van der Waals surface area contributed by atoms with Crippen molar-refractivity contribution in [2.45, 2.75) is 43.7 Å². The Hall–Kier alpha value is -1.07. The smallest absolute Gasteiger partial charge is 0.356 e. The molecule has 3 rings (SSSR count). The van der Waals surface area contributed by atoms with Gasteiger partial charge in [-0.3, -0.25) is 4.99 Å². The SMILES string of the molecule is CN=C(NCCCCN1CCN(C)CC1)NCC1(c2cccc(C(F)(F)F)c2)CCC1.I. The van der Waals surface area contributed by atoms with Gasteiger partial charge in [0.25, 0.3) is 0 Å². The Labute approximate surface area is 207 Å². The number of nitrogens with one attached hydrogen (secondary N) is 2. The second-order valence-corrected chi connectivity index (χ2v) is 8.92. The third-order valence-electron chi connectivity index (χ3n) is 6.72. The number of benzene rings is 1. The first-order chi connectivity index (χ1) is 14.8. The van der Waals surface area contributed by atoms with Crippen LogP contribution in [-0.4, -0.2) is 75.7 Å². The fourth-order valence-corrected chi connectivity index (χ4v) is 4.41. The second-order valence-electron chi connectivity index (χ2n) is 8.92. The molecule has 0 amide bonds. The van der Waals surface area contributed by atoms with Gasteiger partial charge in [0.15, 0.2) is 5.96 Å². The Kier molecular flexibility index (Phi) is 10.5. The lowest BCUT2D eigenvalue weighted by atomic mass is 9.64. The van der Waals surface area contributed by atoms with E-state index in [4.69, 9.17) is 0 Å². The molecule has 2 fully saturated rings. The van der Waals surface area contributed by atoms with Crippen LogP contribution >= 0.6 is 24.0 Å². The molecule has 1 aromatic rings. The number of guanidine groups is 1. The highest BCUT2D eigenvalue weighted by Crippen LogP contribution is 2.44. The summed E-state index contributed by atoms with van der Waals surface area (Å²) >= 11 is 0. The van der Waals surface area contributed by atoms with E-state index in [1.807, 2.05) is 6.07 Å². The molecule has 5 nitrogen and oxygen atoms in total. The summed E-state index contributed by atoms with van der Waals surface area (Å²) in [7, 11) is 3.90. The number of aliphatic imine (C=N–C) groups is 1. The summed E-state index contributed by atoms with van der Waals surface area (Å²) in [5.74, 6) is 0.720. The number of hydrogen-bond acceptors (Lipinski definition) is 3. The molecule has 0 spiro atoms. The van der Waals surface area contributed by atoms with E-state index >= 15 is 0 Å². The van der Waals surface area contributed by atoms with Gasteiger partial charge in [0.1, 0.15) is 0 Å². The minimum atomic E-state index is -4.31. The average molecular weight is 567 g/mol. The molecule has 9 heteroatoms. The van der Waals surface area contributed by atoms with Crippen molar-refractivity contribution in [3.05, 3.63) is 35.4 Å². The Morgan fingerprint density at radius 1 is 1.09 bits per heavy atom. The van der Waals surface area contributed by atoms with Crippen LogP contribution in [0.4, 0.5) is 13.2 Å². The van der Waals surface area contributed by atoms with E-state index in [1.165, 1.54) is 12.1 Å². The molecule has 182 valence electrons. The lowest BCUT2D eigenvalue weighted by Gasteiger charge is -2.43. The lowest BCUT2D eigenvalue weighted by molar-refractivity contribution is -0.137.